The first kappa shape index (κ1) is 10.2. The van der Waals surface area contributed by atoms with Crippen molar-refractivity contribution in [2.24, 2.45) is 0 Å². The van der Waals surface area contributed by atoms with Crippen molar-refractivity contribution >= 4 is 32.7 Å². The van der Waals surface area contributed by atoms with Gasteiger partial charge >= 0.3 is 5.97 Å². The van der Waals surface area contributed by atoms with Crippen molar-refractivity contribution in [2.45, 2.75) is 6.92 Å². The zero-order valence-corrected chi connectivity index (χ0v) is 9.80. The predicted octanol–water partition coefficient (Wildman–Crippen LogP) is 3.11. The van der Waals surface area contributed by atoms with E-state index in [1.807, 2.05) is 18.2 Å². The van der Waals surface area contributed by atoms with E-state index in [9.17, 15) is 4.79 Å². The minimum absolute atomic E-state index is 0.320. The van der Waals surface area contributed by atoms with Crippen LogP contribution in [0.25, 0.3) is 10.8 Å². The molecule has 0 bridgehead atoms. The minimum atomic E-state index is -0.320. The Morgan fingerprint density at radius 3 is 3.07 bits per heavy atom. The molecule has 2 aromatic rings. The van der Waals surface area contributed by atoms with Crippen LogP contribution in [0.3, 0.4) is 0 Å². The third-order valence-corrected chi connectivity index (χ3v) is 2.81. The first-order chi connectivity index (χ1) is 7.24. The van der Waals surface area contributed by atoms with Gasteiger partial charge in [-0.15, -0.1) is 0 Å². The van der Waals surface area contributed by atoms with E-state index in [1.165, 1.54) is 0 Å². The maximum atomic E-state index is 11.6. The molecule has 3 nitrogen and oxygen atoms in total. The van der Waals surface area contributed by atoms with E-state index in [1.54, 1.807) is 13.1 Å². The van der Waals surface area contributed by atoms with Crippen molar-refractivity contribution in [3.05, 3.63) is 34.6 Å². The summed E-state index contributed by atoms with van der Waals surface area (Å²) >= 11 is 3.42. The number of fused-ring (bicyclic) bond motifs is 1. The average Bonchev–Trinajstić information content (AvgIpc) is 2.63. The van der Waals surface area contributed by atoms with Gasteiger partial charge in [-0.25, -0.2) is 4.79 Å². The molecule has 0 aliphatic carbocycles. The van der Waals surface area contributed by atoms with Crippen LogP contribution in [0.4, 0.5) is 0 Å². The summed E-state index contributed by atoms with van der Waals surface area (Å²) in [6.45, 7) is 2.17. The van der Waals surface area contributed by atoms with E-state index >= 15 is 0 Å². The van der Waals surface area contributed by atoms with Crippen LogP contribution in [0.5, 0.6) is 0 Å². The largest absolute Gasteiger partial charge is 0.461 e. The molecule has 0 saturated heterocycles. The van der Waals surface area contributed by atoms with Gasteiger partial charge in [-0.05, 0) is 13.0 Å². The van der Waals surface area contributed by atoms with E-state index < -0.39 is 0 Å². The Morgan fingerprint density at radius 2 is 2.33 bits per heavy atom. The predicted molar refractivity (Wildman–Crippen MR) is 62.0 cm³/mol. The van der Waals surface area contributed by atoms with Crippen molar-refractivity contribution in [1.29, 1.82) is 0 Å². The highest BCUT2D eigenvalue weighted by atomic mass is 79.9. The number of rotatable bonds is 2. The summed E-state index contributed by atoms with van der Waals surface area (Å²) in [5.41, 5.74) is 0.499. The lowest BCUT2D eigenvalue weighted by Gasteiger charge is -2.01. The van der Waals surface area contributed by atoms with Crippen molar-refractivity contribution in [3.8, 4) is 0 Å². The van der Waals surface area contributed by atoms with Crippen molar-refractivity contribution in [3.63, 3.8) is 0 Å². The molecule has 1 heterocycles. The molecule has 1 aromatic carbocycles. The number of carbonyl (C=O) groups excluding carboxylic acids is 1. The maximum Gasteiger partial charge on any atom is 0.355 e. The van der Waals surface area contributed by atoms with Gasteiger partial charge in [-0.2, -0.15) is 0 Å². The van der Waals surface area contributed by atoms with Crippen LogP contribution in [0.2, 0.25) is 0 Å². The van der Waals surface area contributed by atoms with Crippen LogP contribution in [0.15, 0.2) is 28.9 Å². The van der Waals surface area contributed by atoms with Gasteiger partial charge in [0, 0.05) is 21.4 Å². The van der Waals surface area contributed by atoms with Gasteiger partial charge in [0.2, 0.25) is 0 Å². The molecule has 2 rings (SSSR count). The molecule has 15 heavy (non-hydrogen) atoms. The number of benzene rings is 1. The van der Waals surface area contributed by atoms with Crippen LogP contribution < -0.4 is 0 Å². The van der Waals surface area contributed by atoms with E-state index in [0.29, 0.717) is 12.3 Å². The number of aromatic nitrogens is 1. The molecule has 0 aliphatic heterocycles. The lowest BCUT2D eigenvalue weighted by molar-refractivity contribution is 0.0522. The summed E-state index contributed by atoms with van der Waals surface area (Å²) in [4.78, 5) is 14.5. The number of hydrogen-bond donors (Lipinski definition) is 1. The monoisotopic (exact) mass is 267 g/mol. The minimum Gasteiger partial charge on any atom is -0.461 e. The zero-order chi connectivity index (χ0) is 10.8. The third-order valence-electron chi connectivity index (χ3n) is 2.15. The molecule has 0 saturated carbocycles. The number of ether oxygens (including phenoxy) is 1. The summed E-state index contributed by atoms with van der Waals surface area (Å²) in [6.07, 6.45) is 1.80. The molecule has 0 unspecified atom stereocenters. The summed E-state index contributed by atoms with van der Waals surface area (Å²) in [6, 6.07) is 5.77. The van der Waals surface area contributed by atoms with E-state index in [-0.39, 0.29) is 5.97 Å². The van der Waals surface area contributed by atoms with Crippen LogP contribution in [0.1, 0.15) is 17.4 Å². The quantitative estimate of drug-likeness (QED) is 0.850. The molecular weight excluding hydrogens is 258 g/mol. The first-order valence-electron chi connectivity index (χ1n) is 4.66. The molecule has 4 heteroatoms. The van der Waals surface area contributed by atoms with Crippen LogP contribution in [-0.2, 0) is 4.74 Å². The standard InChI is InChI=1S/C11H10BrNO2/c1-2-15-11(14)10-9-7(6-13-10)4-3-5-8(9)12/h3-6,13H,2H2,1H3. The van der Waals surface area contributed by atoms with Gasteiger partial charge in [-0.3, -0.25) is 0 Å². The molecule has 1 aromatic heterocycles. The first-order valence-corrected chi connectivity index (χ1v) is 5.46. The Hall–Kier alpha value is -1.29. The fraction of sp³-hybridized carbons (Fsp3) is 0.182. The number of halogens is 1. The fourth-order valence-corrected chi connectivity index (χ4v) is 2.09. The molecule has 78 valence electrons. The fourth-order valence-electron chi connectivity index (χ4n) is 1.51. The lowest BCUT2D eigenvalue weighted by Crippen LogP contribution is -2.05. The van der Waals surface area contributed by atoms with Crippen LogP contribution >= 0.6 is 15.9 Å². The second-order valence-corrected chi connectivity index (χ2v) is 3.94. The van der Waals surface area contributed by atoms with Crippen LogP contribution in [-0.4, -0.2) is 17.6 Å². The second kappa shape index (κ2) is 4.06. The van der Waals surface area contributed by atoms with Crippen molar-refractivity contribution < 1.29 is 9.53 Å². The topological polar surface area (TPSA) is 42.1 Å². The molecule has 0 fully saturated rings. The van der Waals surface area contributed by atoms with Gasteiger partial charge in [0.05, 0.1) is 6.61 Å². The third kappa shape index (κ3) is 1.77. The average molecular weight is 268 g/mol. The van der Waals surface area contributed by atoms with Gasteiger partial charge in [-0.1, -0.05) is 28.1 Å². The highest BCUT2D eigenvalue weighted by Crippen LogP contribution is 2.27. The number of hydrogen-bond acceptors (Lipinski definition) is 2. The Morgan fingerprint density at radius 1 is 1.53 bits per heavy atom. The highest BCUT2D eigenvalue weighted by Gasteiger charge is 2.14. The summed E-state index contributed by atoms with van der Waals surface area (Å²) < 4.78 is 5.85. The Bertz CT molecular complexity index is 504. The highest BCUT2D eigenvalue weighted by molar-refractivity contribution is 9.10. The van der Waals surface area contributed by atoms with E-state index in [2.05, 4.69) is 20.9 Å². The SMILES string of the molecule is CCOC(=O)c1[nH]cc2cccc(Br)c12. The molecule has 0 atom stereocenters. The molecule has 0 amide bonds. The Labute approximate surface area is 95.6 Å². The van der Waals surface area contributed by atoms with Crippen molar-refractivity contribution in [1.82, 2.24) is 4.98 Å². The summed E-state index contributed by atoms with van der Waals surface area (Å²) in [5, 5.41) is 1.86. The molecular formula is C11H10BrNO2. The van der Waals surface area contributed by atoms with Gasteiger partial charge in [0.15, 0.2) is 0 Å². The normalized spacial score (nSPS) is 10.5. The van der Waals surface area contributed by atoms with Gasteiger partial charge in [0.25, 0.3) is 0 Å². The molecule has 1 N–H and O–H groups in total. The summed E-state index contributed by atoms with van der Waals surface area (Å²) in [7, 11) is 0. The molecule has 0 aliphatic rings. The Kier molecular flexibility index (Phi) is 2.77. The van der Waals surface area contributed by atoms with Gasteiger partial charge in [0.1, 0.15) is 5.69 Å². The molecule has 0 spiro atoms. The number of nitrogens with one attached hydrogen (secondary N) is 1. The second-order valence-electron chi connectivity index (χ2n) is 3.09. The number of H-pyrrole nitrogens is 1. The Balaban J connectivity index is 2.57. The van der Waals surface area contributed by atoms with E-state index in [0.717, 1.165) is 15.2 Å². The summed E-state index contributed by atoms with van der Waals surface area (Å²) in [5.74, 6) is -0.320. The van der Waals surface area contributed by atoms with E-state index in [4.69, 9.17) is 4.74 Å². The lowest BCUT2D eigenvalue weighted by atomic mass is 10.2. The number of aromatic amines is 1. The molecule has 0 radical (unpaired) electrons. The zero-order valence-electron chi connectivity index (χ0n) is 8.21. The number of esters is 1. The van der Waals surface area contributed by atoms with Crippen LogP contribution in [0, 0.1) is 0 Å². The smallest absolute Gasteiger partial charge is 0.355 e. The van der Waals surface area contributed by atoms with Crippen molar-refractivity contribution in [2.75, 3.05) is 6.61 Å². The maximum absolute atomic E-state index is 11.6. The number of carbonyl (C=O) groups is 1. The van der Waals surface area contributed by atoms with Gasteiger partial charge < -0.3 is 9.72 Å².